The molecule has 1 amide bonds. The first kappa shape index (κ1) is 23.9. The molecule has 0 spiro atoms. The minimum atomic E-state index is -3.86. The molecular weight excluding hydrogens is 454 g/mol. The van der Waals surface area contributed by atoms with Crippen molar-refractivity contribution >= 4 is 33.3 Å². The van der Waals surface area contributed by atoms with Gasteiger partial charge in [-0.1, -0.05) is 18.2 Å². The standard InChI is InChI=1S/C23H20F2N2O5S/c1-2-27(18-6-4-3-5-7-18)33(30,31)19-11-8-16(9-12-19)23(29)32-15-22(28)26-21-14-17(24)10-13-20(21)25/h3-14H,2,15H2,1H3,(H,26,28). The number of esters is 1. The molecule has 3 rings (SSSR count). The Bertz CT molecular complexity index is 1250. The van der Waals surface area contributed by atoms with Crippen LogP contribution in [-0.4, -0.2) is 33.4 Å². The predicted molar refractivity (Wildman–Crippen MR) is 118 cm³/mol. The average molecular weight is 474 g/mol. The topological polar surface area (TPSA) is 92.8 Å². The third-order valence-electron chi connectivity index (χ3n) is 4.55. The molecule has 0 aromatic heterocycles. The molecule has 33 heavy (non-hydrogen) atoms. The van der Waals surface area contributed by atoms with Crippen LogP contribution in [0.25, 0.3) is 0 Å². The molecule has 172 valence electrons. The summed E-state index contributed by atoms with van der Waals surface area (Å²) in [5.74, 6) is -3.34. The Balaban J connectivity index is 1.65. The Morgan fingerprint density at radius 3 is 2.27 bits per heavy atom. The normalized spacial score (nSPS) is 11.0. The smallest absolute Gasteiger partial charge is 0.338 e. The lowest BCUT2D eigenvalue weighted by molar-refractivity contribution is -0.119. The minimum absolute atomic E-state index is 0.0152. The second-order valence-electron chi connectivity index (χ2n) is 6.78. The van der Waals surface area contributed by atoms with Gasteiger partial charge in [0.25, 0.3) is 15.9 Å². The number of sulfonamides is 1. The first-order valence-electron chi connectivity index (χ1n) is 9.82. The maximum Gasteiger partial charge on any atom is 0.338 e. The van der Waals surface area contributed by atoms with Crippen molar-refractivity contribution in [2.75, 3.05) is 22.8 Å². The Labute approximate surface area is 189 Å². The highest BCUT2D eigenvalue weighted by atomic mass is 32.2. The lowest BCUT2D eigenvalue weighted by Gasteiger charge is -2.22. The molecule has 0 radical (unpaired) electrons. The SMILES string of the molecule is CCN(c1ccccc1)S(=O)(=O)c1ccc(C(=O)OCC(=O)Nc2cc(F)ccc2F)cc1. The maximum atomic E-state index is 13.6. The predicted octanol–water partition coefficient (Wildman–Crippen LogP) is 3.98. The van der Waals surface area contributed by atoms with Crippen molar-refractivity contribution in [3.63, 3.8) is 0 Å². The number of ether oxygens (including phenoxy) is 1. The molecule has 0 atom stereocenters. The van der Waals surface area contributed by atoms with Crippen LogP contribution in [0.2, 0.25) is 0 Å². The molecule has 7 nitrogen and oxygen atoms in total. The van der Waals surface area contributed by atoms with Crippen LogP contribution < -0.4 is 9.62 Å². The molecule has 0 aliphatic carbocycles. The van der Waals surface area contributed by atoms with Crippen molar-refractivity contribution < 1.29 is 31.5 Å². The summed E-state index contributed by atoms with van der Waals surface area (Å²) in [6, 6.07) is 16.2. The van der Waals surface area contributed by atoms with Gasteiger partial charge in [-0.15, -0.1) is 0 Å². The Morgan fingerprint density at radius 1 is 0.970 bits per heavy atom. The molecule has 3 aromatic carbocycles. The van der Waals surface area contributed by atoms with Crippen molar-refractivity contribution in [1.29, 1.82) is 0 Å². The summed E-state index contributed by atoms with van der Waals surface area (Å²) in [6.07, 6.45) is 0. The van der Waals surface area contributed by atoms with E-state index in [1.165, 1.54) is 28.6 Å². The van der Waals surface area contributed by atoms with Crippen LogP contribution in [0.5, 0.6) is 0 Å². The van der Waals surface area contributed by atoms with Crippen LogP contribution in [-0.2, 0) is 19.6 Å². The summed E-state index contributed by atoms with van der Waals surface area (Å²) < 4.78 is 58.8. The molecule has 0 saturated heterocycles. The Hall–Kier alpha value is -3.79. The van der Waals surface area contributed by atoms with Crippen LogP contribution in [0, 0.1) is 11.6 Å². The number of carbonyl (C=O) groups is 2. The molecule has 3 aromatic rings. The lowest BCUT2D eigenvalue weighted by atomic mass is 10.2. The van der Waals surface area contributed by atoms with Gasteiger partial charge in [-0.05, 0) is 55.5 Å². The second kappa shape index (κ2) is 10.2. The van der Waals surface area contributed by atoms with Crippen molar-refractivity contribution in [1.82, 2.24) is 0 Å². The number of para-hydroxylation sites is 1. The highest BCUT2D eigenvalue weighted by Gasteiger charge is 2.24. The van der Waals surface area contributed by atoms with E-state index in [0.29, 0.717) is 5.69 Å². The summed E-state index contributed by atoms with van der Waals surface area (Å²) in [6.45, 7) is 1.17. The van der Waals surface area contributed by atoms with E-state index in [-0.39, 0.29) is 22.7 Å². The van der Waals surface area contributed by atoms with Crippen molar-refractivity contribution in [3.05, 3.63) is 90.0 Å². The fourth-order valence-electron chi connectivity index (χ4n) is 2.97. The monoisotopic (exact) mass is 474 g/mol. The van der Waals surface area contributed by atoms with Gasteiger partial charge in [0, 0.05) is 12.6 Å². The van der Waals surface area contributed by atoms with E-state index >= 15 is 0 Å². The minimum Gasteiger partial charge on any atom is -0.452 e. The first-order chi connectivity index (χ1) is 15.7. The molecule has 0 bridgehead atoms. The van der Waals surface area contributed by atoms with Gasteiger partial charge >= 0.3 is 5.97 Å². The second-order valence-corrected chi connectivity index (χ2v) is 8.64. The van der Waals surface area contributed by atoms with Gasteiger partial charge in [0.15, 0.2) is 6.61 Å². The number of nitrogens with one attached hydrogen (secondary N) is 1. The molecule has 1 N–H and O–H groups in total. The van der Waals surface area contributed by atoms with E-state index in [2.05, 4.69) is 5.32 Å². The number of carbonyl (C=O) groups excluding carboxylic acids is 2. The summed E-state index contributed by atoms with van der Waals surface area (Å²) in [5.41, 5.74) is 0.134. The number of halogens is 2. The molecular formula is C23H20F2N2O5S. The van der Waals surface area contributed by atoms with Gasteiger partial charge in [0.05, 0.1) is 21.8 Å². The van der Waals surface area contributed by atoms with Crippen molar-refractivity contribution in [2.24, 2.45) is 0 Å². The highest BCUT2D eigenvalue weighted by molar-refractivity contribution is 7.92. The van der Waals surface area contributed by atoms with Gasteiger partial charge < -0.3 is 10.1 Å². The van der Waals surface area contributed by atoms with Crippen molar-refractivity contribution in [3.8, 4) is 0 Å². The van der Waals surface area contributed by atoms with Crippen LogP contribution in [0.15, 0.2) is 77.7 Å². The molecule has 0 aliphatic heterocycles. The number of benzene rings is 3. The highest BCUT2D eigenvalue weighted by Crippen LogP contribution is 2.23. The van der Waals surface area contributed by atoms with Gasteiger partial charge in [-0.3, -0.25) is 9.10 Å². The van der Waals surface area contributed by atoms with E-state index in [9.17, 15) is 26.8 Å². The van der Waals surface area contributed by atoms with Gasteiger partial charge in [0.1, 0.15) is 11.6 Å². The zero-order valence-electron chi connectivity index (χ0n) is 17.5. The van der Waals surface area contributed by atoms with Crippen LogP contribution in [0.3, 0.4) is 0 Å². The number of anilines is 2. The van der Waals surface area contributed by atoms with Gasteiger partial charge in [0.2, 0.25) is 0 Å². The largest absolute Gasteiger partial charge is 0.452 e. The van der Waals surface area contributed by atoms with Gasteiger partial charge in [-0.25, -0.2) is 22.0 Å². The van der Waals surface area contributed by atoms with Crippen LogP contribution >= 0.6 is 0 Å². The molecule has 0 unspecified atom stereocenters. The number of hydrogen-bond donors (Lipinski definition) is 1. The molecule has 0 fully saturated rings. The lowest BCUT2D eigenvalue weighted by Crippen LogP contribution is -2.30. The number of amides is 1. The van der Waals surface area contributed by atoms with E-state index < -0.39 is 40.1 Å². The summed E-state index contributed by atoms with van der Waals surface area (Å²) in [4.78, 5) is 24.1. The Morgan fingerprint density at radius 2 is 1.64 bits per heavy atom. The number of hydrogen-bond acceptors (Lipinski definition) is 5. The average Bonchev–Trinajstić information content (AvgIpc) is 2.81. The van der Waals surface area contributed by atoms with E-state index in [0.717, 1.165) is 18.2 Å². The quantitative estimate of drug-likeness (QED) is 0.499. The number of nitrogens with zero attached hydrogens (tertiary/aromatic N) is 1. The Kier molecular flexibility index (Phi) is 7.39. The summed E-state index contributed by atoms with van der Waals surface area (Å²) in [7, 11) is -3.86. The van der Waals surface area contributed by atoms with Crippen LogP contribution in [0.4, 0.5) is 20.2 Å². The number of rotatable bonds is 8. The van der Waals surface area contributed by atoms with E-state index in [1.54, 1.807) is 37.3 Å². The molecule has 0 heterocycles. The van der Waals surface area contributed by atoms with E-state index in [4.69, 9.17) is 4.74 Å². The summed E-state index contributed by atoms with van der Waals surface area (Å²) in [5, 5.41) is 2.11. The zero-order chi connectivity index (χ0) is 24.0. The molecule has 0 saturated carbocycles. The molecule has 0 aliphatic rings. The third-order valence-corrected chi connectivity index (χ3v) is 6.46. The van der Waals surface area contributed by atoms with Crippen molar-refractivity contribution in [2.45, 2.75) is 11.8 Å². The summed E-state index contributed by atoms with van der Waals surface area (Å²) >= 11 is 0. The zero-order valence-corrected chi connectivity index (χ0v) is 18.3. The maximum absolute atomic E-state index is 13.6. The fourth-order valence-corrected chi connectivity index (χ4v) is 4.44. The van der Waals surface area contributed by atoms with Crippen LogP contribution in [0.1, 0.15) is 17.3 Å². The van der Waals surface area contributed by atoms with E-state index in [1.807, 2.05) is 0 Å². The van der Waals surface area contributed by atoms with Gasteiger partial charge in [-0.2, -0.15) is 0 Å². The third kappa shape index (κ3) is 5.72. The fraction of sp³-hybridized carbons (Fsp3) is 0.130. The first-order valence-corrected chi connectivity index (χ1v) is 11.3. The molecule has 10 heteroatoms.